The Morgan fingerprint density at radius 2 is 1.77 bits per heavy atom. The number of fused-ring (bicyclic) bond motifs is 1. The minimum absolute atomic E-state index is 0.132. The van der Waals surface area contributed by atoms with E-state index in [1.54, 1.807) is 6.07 Å². The van der Waals surface area contributed by atoms with Gasteiger partial charge in [-0.15, -0.1) is 0 Å². The fourth-order valence-electron chi connectivity index (χ4n) is 4.64. The molecule has 6 heteroatoms. The number of hydrogen-bond donors (Lipinski definition) is 3. The van der Waals surface area contributed by atoms with Crippen LogP contribution in [0.2, 0.25) is 0 Å². The van der Waals surface area contributed by atoms with Crippen LogP contribution in [0.1, 0.15) is 43.0 Å². The smallest absolute Gasteiger partial charge is 0.255 e. The molecule has 178 valence electrons. The fraction of sp³-hybridized carbons (Fsp3) is 0.241. The van der Waals surface area contributed by atoms with Gasteiger partial charge >= 0.3 is 0 Å². The zero-order valence-corrected chi connectivity index (χ0v) is 19.9. The minimum Gasteiger partial charge on any atom is -0.348 e. The van der Waals surface area contributed by atoms with Gasteiger partial charge in [-0.3, -0.25) is 9.59 Å². The fourth-order valence-corrected chi connectivity index (χ4v) is 4.64. The molecule has 0 atom stereocenters. The first-order chi connectivity index (χ1) is 17.0. The van der Waals surface area contributed by atoms with Gasteiger partial charge in [-0.2, -0.15) is 0 Å². The summed E-state index contributed by atoms with van der Waals surface area (Å²) in [7, 11) is 2.11. The molecule has 0 radical (unpaired) electrons. The third kappa shape index (κ3) is 5.50. The summed E-state index contributed by atoms with van der Waals surface area (Å²) < 4.78 is 0. The molecule has 3 aromatic rings. The second-order valence-electron chi connectivity index (χ2n) is 9.25. The molecule has 35 heavy (non-hydrogen) atoms. The van der Waals surface area contributed by atoms with Crippen molar-refractivity contribution in [3.05, 3.63) is 106 Å². The Labute approximate surface area is 206 Å². The van der Waals surface area contributed by atoms with Crippen LogP contribution in [0.15, 0.2) is 72.8 Å². The Kier molecular flexibility index (Phi) is 6.75. The summed E-state index contributed by atoms with van der Waals surface area (Å²) in [5.74, 6) is -0.291. The van der Waals surface area contributed by atoms with E-state index in [1.807, 2.05) is 48.5 Å². The molecule has 0 aliphatic carbocycles. The summed E-state index contributed by atoms with van der Waals surface area (Å²) >= 11 is 0. The molecule has 0 unspecified atom stereocenters. The summed E-state index contributed by atoms with van der Waals surface area (Å²) in [5.41, 5.74) is 7.75. The van der Waals surface area contributed by atoms with Gasteiger partial charge < -0.3 is 20.9 Å². The van der Waals surface area contributed by atoms with Crippen LogP contribution in [0, 0.1) is 0 Å². The van der Waals surface area contributed by atoms with E-state index in [4.69, 9.17) is 0 Å². The van der Waals surface area contributed by atoms with Gasteiger partial charge in [0.2, 0.25) is 0 Å². The third-order valence-corrected chi connectivity index (χ3v) is 6.61. The molecule has 0 bridgehead atoms. The molecule has 2 aliphatic rings. The topological polar surface area (TPSA) is 73.5 Å². The first-order valence-corrected chi connectivity index (χ1v) is 12.0. The van der Waals surface area contributed by atoms with Crippen LogP contribution < -0.4 is 16.0 Å². The Bertz CT molecular complexity index is 1300. The molecule has 2 aliphatic heterocycles. The van der Waals surface area contributed by atoms with E-state index in [0.717, 1.165) is 49.4 Å². The molecule has 0 saturated carbocycles. The Morgan fingerprint density at radius 1 is 0.943 bits per heavy atom. The SMILES string of the molecule is CN1CCc2ccc(NC(=O)c3cccc(CNC(=O)c4cccc(C5=CCNC5)c4)c3)cc2C1. The highest BCUT2D eigenvalue weighted by Gasteiger charge is 2.15. The van der Waals surface area contributed by atoms with Crippen LogP contribution in [0.5, 0.6) is 0 Å². The summed E-state index contributed by atoms with van der Waals surface area (Å²) in [6.45, 7) is 3.98. The lowest BCUT2D eigenvalue weighted by Gasteiger charge is -2.25. The van der Waals surface area contributed by atoms with E-state index in [0.29, 0.717) is 17.7 Å². The van der Waals surface area contributed by atoms with Crippen molar-refractivity contribution < 1.29 is 9.59 Å². The molecule has 0 aromatic heterocycles. The standard InChI is InChI=1S/C29H30N4O2/c1-33-13-11-21-8-9-27(16-26(21)19-33)32-29(35)23-6-2-4-20(14-23)17-31-28(34)24-7-3-5-22(15-24)25-10-12-30-18-25/h2-10,14-16,30H,11-13,17-19H2,1H3,(H,31,34)(H,32,35). The van der Waals surface area contributed by atoms with E-state index >= 15 is 0 Å². The molecule has 0 saturated heterocycles. The maximum absolute atomic E-state index is 12.9. The molecule has 3 N–H and O–H groups in total. The lowest BCUT2D eigenvalue weighted by molar-refractivity contribution is 0.0950. The number of benzene rings is 3. The summed E-state index contributed by atoms with van der Waals surface area (Å²) in [6.07, 6.45) is 3.18. The average molecular weight is 467 g/mol. The normalized spacial score (nSPS) is 15.3. The second kappa shape index (κ2) is 10.3. The lowest BCUT2D eigenvalue weighted by atomic mass is 9.99. The summed E-state index contributed by atoms with van der Waals surface area (Å²) in [5, 5.41) is 9.28. The third-order valence-electron chi connectivity index (χ3n) is 6.61. The van der Waals surface area contributed by atoms with E-state index in [2.05, 4.69) is 46.1 Å². The minimum atomic E-state index is -0.159. The molecule has 6 nitrogen and oxygen atoms in total. The highest BCUT2D eigenvalue weighted by Crippen LogP contribution is 2.22. The van der Waals surface area contributed by atoms with Crippen LogP contribution >= 0.6 is 0 Å². The van der Waals surface area contributed by atoms with Gasteiger partial charge in [-0.05, 0) is 77.7 Å². The van der Waals surface area contributed by atoms with Crippen molar-refractivity contribution in [2.24, 2.45) is 0 Å². The van der Waals surface area contributed by atoms with Gasteiger partial charge in [0.1, 0.15) is 0 Å². The maximum Gasteiger partial charge on any atom is 0.255 e. The molecular weight excluding hydrogens is 436 g/mol. The van der Waals surface area contributed by atoms with Crippen LogP contribution in [-0.4, -0.2) is 43.4 Å². The van der Waals surface area contributed by atoms with Crippen LogP contribution in [0.25, 0.3) is 5.57 Å². The zero-order chi connectivity index (χ0) is 24.2. The second-order valence-corrected chi connectivity index (χ2v) is 9.25. The first kappa shape index (κ1) is 23.0. The highest BCUT2D eigenvalue weighted by molar-refractivity contribution is 6.04. The molecule has 5 rings (SSSR count). The van der Waals surface area contributed by atoms with Crippen LogP contribution in [0.3, 0.4) is 0 Å². The predicted octanol–water partition coefficient (Wildman–Crippen LogP) is 3.84. The predicted molar refractivity (Wildman–Crippen MR) is 139 cm³/mol. The first-order valence-electron chi connectivity index (χ1n) is 12.0. The van der Waals surface area contributed by atoms with Crippen molar-refractivity contribution in [2.75, 3.05) is 32.0 Å². The number of nitrogens with zero attached hydrogens (tertiary/aromatic N) is 1. The number of amides is 2. The van der Waals surface area contributed by atoms with Crippen molar-refractivity contribution in [2.45, 2.75) is 19.5 Å². The van der Waals surface area contributed by atoms with E-state index in [1.165, 1.54) is 16.7 Å². The molecule has 0 fully saturated rings. The van der Waals surface area contributed by atoms with Gasteiger partial charge in [0.15, 0.2) is 0 Å². The largest absolute Gasteiger partial charge is 0.348 e. The van der Waals surface area contributed by atoms with Crippen molar-refractivity contribution in [1.29, 1.82) is 0 Å². The molecule has 2 amide bonds. The number of rotatable bonds is 6. The number of likely N-dealkylation sites (N-methyl/N-ethyl adjacent to an activating group) is 1. The average Bonchev–Trinajstić information content (AvgIpc) is 3.42. The van der Waals surface area contributed by atoms with Crippen molar-refractivity contribution in [3.63, 3.8) is 0 Å². The van der Waals surface area contributed by atoms with E-state index in [-0.39, 0.29) is 11.8 Å². The number of anilines is 1. The maximum atomic E-state index is 12.9. The number of hydrogen-bond acceptors (Lipinski definition) is 4. The van der Waals surface area contributed by atoms with E-state index < -0.39 is 0 Å². The summed E-state index contributed by atoms with van der Waals surface area (Å²) in [4.78, 5) is 27.9. The quantitative estimate of drug-likeness (QED) is 0.516. The Morgan fingerprint density at radius 3 is 2.60 bits per heavy atom. The van der Waals surface area contributed by atoms with Gasteiger partial charge in [-0.1, -0.05) is 36.4 Å². The van der Waals surface area contributed by atoms with Gasteiger partial charge in [-0.25, -0.2) is 0 Å². The lowest BCUT2D eigenvalue weighted by Crippen LogP contribution is -2.26. The van der Waals surface area contributed by atoms with Gasteiger partial charge in [0, 0.05) is 49.5 Å². The van der Waals surface area contributed by atoms with Crippen molar-refractivity contribution >= 4 is 23.1 Å². The van der Waals surface area contributed by atoms with Crippen molar-refractivity contribution in [1.82, 2.24) is 15.5 Å². The highest BCUT2D eigenvalue weighted by atomic mass is 16.2. The Hall–Kier alpha value is -3.74. The monoisotopic (exact) mass is 466 g/mol. The van der Waals surface area contributed by atoms with Gasteiger partial charge in [0.05, 0.1) is 0 Å². The molecular formula is C29H30N4O2. The number of nitrogens with one attached hydrogen (secondary N) is 3. The molecule has 3 aromatic carbocycles. The zero-order valence-electron chi connectivity index (χ0n) is 19.9. The Balaban J connectivity index is 1.21. The molecule has 0 spiro atoms. The van der Waals surface area contributed by atoms with Crippen LogP contribution in [0.4, 0.5) is 5.69 Å². The summed E-state index contributed by atoms with van der Waals surface area (Å²) in [6, 6.07) is 21.2. The number of carbonyl (C=O) groups excluding carboxylic acids is 2. The van der Waals surface area contributed by atoms with Crippen molar-refractivity contribution in [3.8, 4) is 0 Å². The molecule has 2 heterocycles. The van der Waals surface area contributed by atoms with Gasteiger partial charge in [0.25, 0.3) is 11.8 Å². The van der Waals surface area contributed by atoms with Crippen LogP contribution in [-0.2, 0) is 19.5 Å². The number of carbonyl (C=O) groups is 2. The van der Waals surface area contributed by atoms with E-state index in [9.17, 15) is 9.59 Å².